The van der Waals surface area contributed by atoms with Crippen molar-refractivity contribution in [2.24, 2.45) is 0 Å². The Morgan fingerprint density at radius 3 is 2.40 bits per heavy atom. The zero-order valence-corrected chi connectivity index (χ0v) is 12.0. The van der Waals surface area contributed by atoms with Crippen LogP contribution in [0.1, 0.15) is 39.4 Å². The van der Waals surface area contributed by atoms with Gasteiger partial charge in [-0.3, -0.25) is 0 Å². The van der Waals surface area contributed by atoms with E-state index in [1.807, 2.05) is 13.8 Å². The van der Waals surface area contributed by atoms with Crippen LogP contribution in [0.3, 0.4) is 0 Å². The first-order valence-electron chi connectivity index (χ1n) is 6.79. The minimum absolute atomic E-state index is 0.427. The van der Waals surface area contributed by atoms with Crippen LogP contribution < -0.4 is 10.6 Å². The Kier molecular flexibility index (Phi) is 6.04. The van der Waals surface area contributed by atoms with E-state index >= 15 is 0 Å². The molecule has 0 aliphatic heterocycles. The Balaban J connectivity index is 2.81. The maximum Gasteiger partial charge on any atom is 0.391 e. The van der Waals surface area contributed by atoms with Gasteiger partial charge in [-0.25, -0.2) is 9.97 Å². The molecule has 1 atom stereocenters. The van der Waals surface area contributed by atoms with Crippen molar-refractivity contribution in [3.63, 3.8) is 0 Å². The van der Waals surface area contributed by atoms with Crippen molar-refractivity contribution in [1.82, 2.24) is 9.97 Å². The normalized spacial score (nSPS) is 13.1. The van der Waals surface area contributed by atoms with Crippen LogP contribution in [0.4, 0.5) is 24.8 Å². The first-order chi connectivity index (χ1) is 9.34. The fourth-order valence-corrected chi connectivity index (χ4v) is 1.83. The molecule has 0 spiro atoms. The van der Waals surface area contributed by atoms with Crippen molar-refractivity contribution in [3.8, 4) is 0 Å². The predicted octanol–water partition coefficient (Wildman–Crippen LogP) is 3.61. The van der Waals surface area contributed by atoms with Gasteiger partial charge >= 0.3 is 6.18 Å². The van der Waals surface area contributed by atoms with Crippen molar-refractivity contribution in [2.75, 3.05) is 17.2 Å². The molecule has 0 aliphatic rings. The molecular formula is C13H21F3N4. The SMILES string of the molecule is CCCc1nc(NCC)cc(NC(C)CC(F)(F)F)n1. The van der Waals surface area contributed by atoms with E-state index in [1.165, 1.54) is 6.92 Å². The first-order valence-corrected chi connectivity index (χ1v) is 6.79. The third-order valence-electron chi connectivity index (χ3n) is 2.54. The number of aromatic nitrogens is 2. The molecule has 0 saturated carbocycles. The molecule has 7 heteroatoms. The lowest BCUT2D eigenvalue weighted by Gasteiger charge is -2.17. The fourth-order valence-electron chi connectivity index (χ4n) is 1.83. The predicted molar refractivity (Wildman–Crippen MR) is 73.9 cm³/mol. The maximum atomic E-state index is 12.3. The average Bonchev–Trinajstić information content (AvgIpc) is 2.26. The van der Waals surface area contributed by atoms with E-state index in [-0.39, 0.29) is 0 Å². The van der Waals surface area contributed by atoms with Gasteiger partial charge in [0, 0.05) is 25.1 Å². The van der Waals surface area contributed by atoms with Gasteiger partial charge in [0.2, 0.25) is 0 Å². The zero-order chi connectivity index (χ0) is 15.2. The highest BCUT2D eigenvalue weighted by molar-refractivity contribution is 5.48. The summed E-state index contributed by atoms with van der Waals surface area (Å²) in [5.41, 5.74) is 0. The lowest BCUT2D eigenvalue weighted by atomic mass is 10.2. The van der Waals surface area contributed by atoms with Crippen molar-refractivity contribution in [3.05, 3.63) is 11.9 Å². The number of hydrogen-bond donors (Lipinski definition) is 2. The average molecular weight is 290 g/mol. The van der Waals surface area contributed by atoms with E-state index in [4.69, 9.17) is 0 Å². The highest BCUT2D eigenvalue weighted by Crippen LogP contribution is 2.23. The third kappa shape index (κ3) is 6.08. The summed E-state index contributed by atoms with van der Waals surface area (Å²) in [7, 11) is 0. The maximum absolute atomic E-state index is 12.3. The molecule has 1 aromatic heterocycles. The second-order valence-corrected chi connectivity index (χ2v) is 4.70. The number of halogens is 3. The van der Waals surface area contributed by atoms with E-state index in [0.29, 0.717) is 30.4 Å². The smallest absolute Gasteiger partial charge is 0.370 e. The van der Waals surface area contributed by atoms with Gasteiger partial charge in [-0.1, -0.05) is 6.92 Å². The standard InChI is InChI=1S/C13H21F3N4/c1-4-6-10-19-11(17-5-2)7-12(20-10)18-9(3)8-13(14,15)16/h7,9H,4-6,8H2,1-3H3,(H2,17,18,19,20). The Labute approximate surface area is 117 Å². The quantitative estimate of drug-likeness (QED) is 0.805. The Morgan fingerprint density at radius 1 is 1.20 bits per heavy atom. The van der Waals surface area contributed by atoms with E-state index in [2.05, 4.69) is 20.6 Å². The van der Waals surface area contributed by atoms with Crippen molar-refractivity contribution in [2.45, 2.75) is 52.3 Å². The molecule has 2 N–H and O–H groups in total. The number of nitrogens with one attached hydrogen (secondary N) is 2. The summed E-state index contributed by atoms with van der Waals surface area (Å²) in [6, 6.07) is 0.907. The number of anilines is 2. The number of nitrogens with zero attached hydrogens (tertiary/aromatic N) is 2. The Bertz CT molecular complexity index is 396. The monoisotopic (exact) mass is 290 g/mol. The van der Waals surface area contributed by atoms with E-state index < -0.39 is 18.6 Å². The highest BCUT2D eigenvalue weighted by atomic mass is 19.4. The van der Waals surface area contributed by atoms with Crippen LogP contribution in [0.2, 0.25) is 0 Å². The second kappa shape index (κ2) is 7.31. The molecule has 4 nitrogen and oxygen atoms in total. The number of rotatable bonds is 7. The van der Waals surface area contributed by atoms with Crippen molar-refractivity contribution >= 4 is 11.6 Å². The van der Waals surface area contributed by atoms with Crippen LogP contribution in [-0.2, 0) is 6.42 Å². The lowest BCUT2D eigenvalue weighted by molar-refractivity contribution is -0.136. The minimum atomic E-state index is -4.18. The molecule has 0 radical (unpaired) electrons. The van der Waals surface area contributed by atoms with Gasteiger partial charge in [0.15, 0.2) is 0 Å². The highest BCUT2D eigenvalue weighted by Gasteiger charge is 2.30. The van der Waals surface area contributed by atoms with Gasteiger partial charge in [-0.05, 0) is 20.3 Å². The number of aryl methyl sites for hydroxylation is 1. The molecule has 114 valence electrons. The molecular weight excluding hydrogens is 269 g/mol. The first kappa shape index (κ1) is 16.5. The summed E-state index contributed by atoms with van der Waals surface area (Å²) < 4.78 is 37.0. The summed E-state index contributed by atoms with van der Waals surface area (Å²) in [5, 5.41) is 5.84. The number of alkyl halides is 3. The lowest BCUT2D eigenvalue weighted by Crippen LogP contribution is -2.24. The molecule has 0 aromatic carbocycles. The number of hydrogen-bond acceptors (Lipinski definition) is 4. The Hall–Kier alpha value is -1.53. The largest absolute Gasteiger partial charge is 0.391 e. The Morgan fingerprint density at radius 2 is 1.85 bits per heavy atom. The van der Waals surface area contributed by atoms with Crippen LogP contribution in [0.25, 0.3) is 0 Å². The summed E-state index contributed by atoms with van der Waals surface area (Å²) in [6.45, 7) is 6.12. The van der Waals surface area contributed by atoms with E-state index in [0.717, 1.165) is 6.42 Å². The van der Waals surface area contributed by atoms with Crippen molar-refractivity contribution in [1.29, 1.82) is 0 Å². The molecule has 1 heterocycles. The molecule has 0 amide bonds. The van der Waals surface area contributed by atoms with Crippen LogP contribution in [0, 0.1) is 0 Å². The molecule has 0 aliphatic carbocycles. The van der Waals surface area contributed by atoms with Gasteiger partial charge in [0.05, 0.1) is 6.42 Å². The molecule has 0 fully saturated rings. The van der Waals surface area contributed by atoms with E-state index in [1.54, 1.807) is 6.07 Å². The van der Waals surface area contributed by atoms with E-state index in [9.17, 15) is 13.2 Å². The molecule has 1 aromatic rings. The summed E-state index contributed by atoms with van der Waals surface area (Å²) in [6.07, 6.45) is -3.50. The zero-order valence-electron chi connectivity index (χ0n) is 12.0. The summed E-state index contributed by atoms with van der Waals surface area (Å²) in [4.78, 5) is 8.56. The molecule has 1 unspecified atom stereocenters. The van der Waals surface area contributed by atoms with Crippen LogP contribution in [-0.4, -0.2) is 28.7 Å². The summed E-state index contributed by atoms with van der Waals surface area (Å²) >= 11 is 0. The van der Waals surface area contributed by atoms with Crippen LogP contribution in [0.15, 0.2) is 6.07 Å². The van der Waals surface area contributed by atoms with Crippen LogP contribution in [0.5, 0.6) is 0 Å². The van der Waals surface area contributed by atoms with Gasteiger partial charge in [0.1, 0.15) is 17.5 Å². The minimum Gasteiger partial charge on any atom is -0.370 e. The molecule has 20 heavy (non-hydrogen) atoms. The van der Waals surface area contributed by atoms with Gasteiger partial charge in [-0.15, -0.1) is 0 Å². The van der Waals surface area contributed by atoms with Gasteiger partial charge in [0.25, 0.3) is 0 Å². The van der Waals surface area contributed by atoms with Crippen molar-refractivity contribution < 1.29 is 13.2 Å². The molecule has 0 bridgehead atoms. The molecule has 0 saturated heterocycles. The summed E-state index contributed by atoms with van der Waals surface area (Å²) in [5.74, 6) is 1.69. The fraction of sp³-hybridized carbons (Fsp3) is 0.692. The second-order valence-electron chi connectivity index (χ2n) is 4.70. The van der Waals surface area contributed by atoms with Gasteiger partial charge in [-0.2, -0.15) is 13.2 Å². The van der Waals surface area contributed by atoms with Gasteiger partial charge < -0.3 is 10.6 Å². The molecule has 1 rings (SSSR count). The third-order valence-corrected chi connectivity index (χ3v) is 2.54. The van der Waals surface area contributed by atoms with Crippen LogP contribution >= 0.6 is 0 Å². The topological polar surface area (TPSA) is 49.8 Å².